The highest BCUT2D eigenvalue weighted by Gasteiger charge is 2.45. The molecule has 2 unspecified atom stereocenters. The molecule has 4 aliphatic heterocycles. The third-order valence-electron chi connectivity index (χ3n) is 16.0. The first-order valence-electron chi connectivity index (χ1n) is 27.2. The van der Waals surface area contributed by atoms with Crippen LogP contribution < -0.4 is 30.3 Å². The minimum Gasteiger partial charge on any atom is -0.507 e. The van der Waals surface area contributed by atoms with Crippen molar-refractivity contribution < 1.29 is 47.3 Å². The predicted octanol–water partition coefficient (Wildman–Crippen LogP) is 6.79. The molecule has 418 valence electrons. The second kappa shape index (κ2) is 23.3. The second-order valence-corrected chi connectivity index (χ2v) is 22.5. The van der Waals surface area contributed by atoms with Gasteiger partial charge in [-0.1, -0.05) is 32.0 Å². The first-order valence-corrected chi connectivity index (χ1v) is 28.1. The molecule has 6 atom stereocenters. The van der Waals surface area contributed by atoms with Gasteiger partial charge in [-0.3, -0.25) is 19.5 Å². The molecule has 1 aromatic carbocycles. The van der Waals surface area contributed by atoms with E-state index < -0.39 is 42.3 Å². The van der Waals surface area contributed by atoms with E-state index in [0.29, 0.717) is 41.8 Å². The third kappa shape index (κ3) is 11.8. The molecule has 20 nitrogen and oxygen atoms in total. The molecule has 0 radical (unpaired) electrons. The number of aromatic nitrogens is 6. The standard InChI is InChI=1S/C56H66F2N12O8S/c1-31(2)50(56(74)69-29-37(71)21-45(69)55(73)63-51(53(57)58)33-8-11-42(61-26-33)52-32(3)62-30-79-52)47-25-49(66-78-47)75-19-18-67-16-13-38(14-17-67)76-39-22-40(23-39)77-48-20-34(12-15-60-48)70-35-9-10-36(70)28-68(27-35)44-24-43(64-65-54(44)59)41-6-4-5-7-46(41)72/h4-8,11-12,15,20,24-26,30-31,35-40,45,50-51,53,71-72H,9-10,13-14,16-19,21-23,27-29H2,1-3H3,(H2,59,65)(H,63,73)/t35?,36?,37-,39?,40?,45+,50-,51+/m1/s1. The highest BCUT2D eigenvalue weighted by molar-refractivity contribution is 7.13. The van der Waals surface area contributed by atoms with E-state index in [1.165, 1.54) is 28.5 Å². The molecule has 9 heterocycles. The summed E-state index contributed by atoms with van der Waals surface area (Å²) in [6.07, 6.45) is 4.82. The van der Waals surface area contributed by atoms with Crippen LogP contribution in [-0.4, -0.2) is 157 Å². The number of aliphatic hydroxyl groups excluding tert-OH is 1. The molecule has 2 amide bonds. The summed E-state index contributed by atoms with van der Waals surface area (Å²) in [5, 5.41) is 36.2. The lowest BCUT2D eigenvalue weighted by Gasteiger charge is -2.43. The Balaban J connectivity index is 0.608. The van der Waals surface area contributed by atoms with E-state index in [1.807, 2.05) is 45.2 Å². The molecule has 23 heteroatoms. The number of phenols is 1. The Morgan fingerprint density at radius 3 is 2.39 bits per heavy atom. The van der Waals surface area contributed by atoms with Crippen molar-refractivity contribution in [3.63, 3.8) is 0 Å². The Morgan fingerprint density at radius 2 is 1.68 bits per heavy atom. The van der Waals surface area contributed by atoms with Crippen LogP contribution in [0.1, 0.15) is 87.8 Å². The van der Waals surface area contributed by atoms with Crippen LogP contribution in [0.4, 0.5) is 26.0 Å². The zero-order valence-corrected chi connectivity index (χ0v) is 45.1. The predicted molar refractivity (Wildman–Crippen MR) is 290 cm³/mol. The highest BCUT2D eigenvalue weighted by atomic mass is 32.1. The molecule has 79 heavy (non-hydrogen) atoms. The van der Waals surface area contributed by atoms with Gasteiger partial charge in [0, 0.05) is 106 Å². The van der Waals surface area contributed by atoms with Crippen molar-refractivity contribution >= 4 is 40.3 Å². The van der Waals surface area contributed by atoms with Gasteiger partial charge in [-0.05, 0) is 79.6 Å². The number of ether oxygens (including phenoxy) is 3. The summed E-state index contributed by atoms with van der Waals surface area (Å²) >= 11 is 1.39. The minimum atomic E-state index is -2.97. The van der Waals surface area contributed by atoms with E-state index >= 15 is 0 Å². The molecular formula is C56H66F2N12O8S. The summed E-state index contributed by atoms with van der Waals surface area (Å²) in [6.45, 7) is 9.57. The van der Waals surface area contributed by atoms with E-state index in [-0.39, 0.29) is 72.2 Å². The zero-order valence-electron chi connectivity index (χ0n) is 44.3. The number of nitrogens with zero attached hydrogens (tertiary/aromatic N) is 10. The largest absolute Gasteiger partial charge is 0.507 e. The van der Waals surface area contributed by atoms with Crippen molar-refractivity contribution in [2.75, 3.05) is 61.4 Å². The molecule has 2 bridgehead atoms. The maximum atomic E-state index is 14.5. The summed E-state index contributed by atoms with van der Waals surface area (Å²) in [5.74, 6) is -0.906. The number of halogens is 2. The van der Waals surface area contributed by atoms with Crippen molar-refractivity contribution in [1.82, 2.24) is 45.4 Å². The lowest BCUT2D eigenvalue weighted by Crippen LogP contribution is -2.54. The smallest absolute Gasteiger partial charge is 0.262 e. The number of piperidine rings is 1. The van der Waals surface area contributed by atoms with E-state index in [9.17, 15) is 28.6 Å². The van der Waals surface area contributed by atoms with Crippen LogP contribution in [0, 0.1) is 12.8 Å². The fraction of sp³-hybridized carbons (Fsp3) is 0.500. The van der Waals surface area contributed by atoms with Crippen LogP contribution in [0.2, 0.25) is 0 Å². The number of rotatable bonds is 19. The highest BCUT2D eigenvalue weighted by Crippen LogP contribution is 2.41. The van der Waals surface area contributed by atoms with E-state index in [2.05, 4.69) is 62.5 Å². The molecule has 5 fully saturated rings. The van der Waals surface area contributed by atoms with Crippen molar-refractivity contribution in [1.29, 1.82) is 0 Å². The van der Waals surface area contributed by atoms with Crippen LogP contribution in [0.3, 0.4) is 0 Å². The average Bonchev–Trinajstić information content (AvgIpc) is 4.24. The number of aromatic hydroxyl groups is 1. The number of amides is 2. The van der Waals surface area contributed by atoms with Gasteiger partial charge < -0.3 is 54.7 Å². The van der Waals surface area contributed by atoms with Crippen molar-refractivity contribution in [3.05, 3.63) is 95.6 Å². The van der Waals surface area contributed by atoms with Gasteiger partial charge in [-0.25, -0.2) is 18.7 Å². The van der Waals surface area contributed by atoms with E-state index in [0.717, 1.165) is 86.6 Å². The lowest BCUT2D eigenvalue weighted by atomic mass is 9.91. The molecule has 5 aromatic heterocycles. The number of β-amino-alcohol motifs (C(OH)–C–C–N with tert-alkyl or cyclic N) is 1. The number of carbonyl (C=O) groups is 2. The molecule has 5 aliphatic rings. The number of benzene rings is 1. The molecule has 1 saturated carbocycles. The molecule has 4 saturated heterocycles. The number of nitrogens with two attached hydrogens (primary N) is 1. The summed E-state index contributed by atoms with van der Waals surface area (Å²) < 4.78 is 53.6. The number of thiazole rings is 1. The van der Waals surface area contributed by atoms with Gasteiger partial charge in [-0.2, -0.15) is 0 Å². The average molecular weight is 1110 g/mol. The number of piperazine rings is 1. The Kier molecular flexibility index (Phi) is 15.9. The molecule has 11 rings (SSSR count). The van der Waals surface area contributed by atoms with Crippen molar-refractivity contribution in [3.8, 4) is 39.3 Å². The molecular weight excluding hydrogens is 1040 g/mol. The fourth-order valence-electron chi connectivity index (χ4n) is 11.8. The SMILES string of the molecule is Cc1ncsc1-c1ccc([C@H](NC(=O)[C@@H]2C[C@@H](O)CN2C(=O)[C@@H](c2cc(OCCN3CCC(OC4CC(Oc5cc(N6C7CCC6CN(c6cc(-c8ccccc8O)nnc6N)C7)ccn5)C4)CC3)no2)C(C)C)C(F)F)cn1. The van der Waals surface area contributed by atoms with Gasteiger partial charge in [0.2, 0.25) is 17.7 Å². The summed E-state index contributed by atoms with van der Waals surface area (Å²) in [4.78, 5) is 50.2. The first kappa shape index (κ1) is 53.9. The van der Waals surface area contributed by atoms with Crippen molar-refractivity contribution in [2.24, 2.45) is 5.92 Å². The number of aryl methyl sites for hydroxylation is 1. The molecule has 0 spiro atoms. The summed E-state index contributed by atoms with van der Waals surface area (Å²) in [6, 6.07) is 15.5. The second-order valence-electron chi connectivity index (χ2n) is 21.7. The Morgan fingerprint density at radius 1 is 0.899 bits per heavy atom. The minimum absolute atomic E-state index is 0.0302. The van der Waals surface area contributed by atoms with E-state index in [4.69, 9.17) is 24.5 Å². The number of likely N-dealkylation sites (tertiary alicyclic amines) is 2. The first-order chi connectivity index (χ1) is 38.2. The fourth-order valence-corrected chi connectivity index (χ4v) is 12.6. The van der Waals surface area contributed by atoms with Gasteiger partial charge in [0.25, 0.3) is 12.3 Å². The third-order valence-corrected chi connectivity index (χ3v) is 17.0. The number of pyridine rings is 2. The molecule has 5 N–H and O–H groups in total. The van der Waals surface area contributed by atoms with Gasteiger partial charge in [0.05, 0.1) is 51.5 Å². The quantitative estimate of drug-likeness (QED) is 0.0652. The number of hydrogen-bond donors (Lipinski definition) is 4. The summed E-state index contributed by atoms with van der Waals surface area (Å²) in [7, 11) is 0. The number of alkyl halides is 2. The van der Waals surface area contributed by atoms with Crippen LogP contribution in [0.15, 0.2) is 83.1 Å². The maximum absolute atomic E-state index is 14.5. The molecule has 1 aliphatic carbocycles. The molecule has 6 aromatic rings. The van der Waals surface area contributed by atoms with Gasteiger partial charge in [0.15, 0.2) is 11.6 Å². The van der Waals surface area contributed by atoms with Crippen LogP contribution in [0.5, 0.6) is 17.5 Å². The normalized spacial score (nSPS) is 23.3. The van der Waals surface area contributed by atoms with Crippen LogP contribution in [0.25, 0.3) is 21.8 Å². The van der Waals surface area contributed by atoms with Crippen LogP contribution in [-0.2, 0) is 14.3 Å². The van der Waals surface area contributed by atoms with Gasteiger partial charge >= 0.3 is 0 Å². The summed E-state index contributed by atoms with van der Waals surface area (Å²) in [5.41, 5.74) is 12.6. The van der Waals surface area contributed by atoms with Gasteiger partial charge in [-0.15, -0.1) is 21.5 Å². The van der Waals surface area contributed by atoms with Crippen molar-refractivity contribution in [2.45, 2.75) is 127 Å². The Hall–Kier alpha value is -7.08. The monoisotopic (exact) mass is 1100 g/mol. The number of phenolic OH excluding ortho intramolecular Hbond substituents is 1. The number of anilines is 3. The lowest BCUT2D eigenvalue weighted by molar-refractivity contribution is -0.141. The van der Waals surface area contributed by atoms with Gasteiger partial charge in [0.1, 0.15) is 36.5 Å². The Bertz CT molecular complexity index is 3070. The zero-order chi connectivity index (χ0) is 54.9. The number of aliphatic hydroxyl groups is 1. The number of fused-ring (bicyclic) bond motifs is 2. The topological polar surface area (TPSA) is 244 Å². The maximum Gasteiger partial charge on any atom is 0.262 e. The number of para-hydroxylation sites is 1. The Labute approximate surface area is 460 Å². The number of hydrogen-bond acceptors (Lipinski definition) is 19. The van der Waals surface area contributed by atoms with Crippen LogP contribution >= 0.6 is 11.3 Å². The van der Waals surface area contributed by atoms with E-state index in [1.54, 1.807) is 29.8 Å². The number of carbonyl (C=O) groups excluding carboxylic acids is 2. The number of nitrogen functional groups attached to an aromatic ring is 1. The number of nitrogens with one attached hydrogen (secondary N) is 1.